The zero-order valence-corrected chi connectivity index (χ0v) is 21.8. The Kier molecular flexibility index (Phi) is 6.85. The van der Waals surface area contributed by atoms with Gasteiger partial charge < -0.3 is 0 Å². The van der Waals surface area contributed by atoms with Gasteiger partial charge in [0.05, 0.1) is 0 Å². The minimum absolute atomic E-state index is 0.0996. The van der Waals surface area contributed by atoms with Crippen LogP contribution in [0.1, 0.15) is 43.9 Å². The third-order valence-electron chi connectivity index (χ3n) is 6.67. The first-order valence-electron chi connectivity index (χ1n) is 12.5. The summed E-state index contributed by atoms with van der Waals surface area (Å²) in [5.41, 5.74) is 7.12. The Labute approximate surface area is 211 Å². The average Bonchev–Trinajstić information content (AvgIpc) is 3.34. The van der Waals surface area contributed by atoms with E-state index in [0.717, 1.165) is 12.8 Å². The monoisotopic (exact) mass is 472 g/mol. The normalized spacial score (nSPS) is 13.6. The van der Waals surface area contributed by atoms with Crippen LogP contribution in [0.2, 0.25) is 0 Å². The zero-order valence-electron chi connectivity index (χ0n) is 20.9. The predicted octanol–water partition coefficient (Wildman–Crippen LogP) is 7.70. The zero-order chi connectivity index (χ0) is 24.3. The van der Waals surface area contributed by atoms with Crippen LogP contribution in [-0.2, 0) is 11.8 Å². The molecule has 0 bridgehead atoms. The van der Waals surface area contributed by atoms with E-state index in [-0.39, 0.29) is 5.41 Å². The molecule has 0 nitrogen and oxygen atoms in total. The van der Waals surface area contributed by atoms with Gasteiger partial charge in [0.1, 0.15) is 0 Å². The largest absolute Gasteiger partial charge is 0.0765 e. The second-order valence-corrected chi connectivity index (χ2v) is 12.5. The standard InChI is InChI=1S/C34H33P/c1-34(2,3)29-21-22-32(28-20-19-27(24-28)23-26-13-7-4-8-14-26)33(25-29)35(30-15-9-5-10-16-30)31-17-11-6-12-18-31/h4-19,21-22,24-25H,20,23H2,1-3H3. The summed E-state index contributed by atoms with van der Waals surface area (Å²) in [5.74, 6) is 0. The van der Waals surface area contributed by atoms with Crippen LogP contribution in [0.25, 0.3) is 5.57 Å². The van der Waals surface area contributed by atoms with Gasteiger partial charge in [-0.1, -0.05) is 136 Å². The molecule has 0 saturated heterocycles. The summed E-state index contributed by atoms with van der Waals surface area (Å²) < 4.78 is 0. The minimum atomic E-state index is -0.673. The van der Waals surface area contributed by atoms with Crippen molar-refractivity contribution < 1.29 is 0 Å². The Morgan fingerprint density at radius 1 is 0.686 bits per heavy atom. The van der Waals surface area contributed by atoms with Crippen LogP contribution in [0.3, 0.4) is 0 Å². The maximum absolute atomic E-state index is 2.50. The Bertz CT molecular complexity index is 1300. The van der Waals surface area contributed by atoms with Crippen LogP contribution >= 0.6 is 7.92 Å². The molecule has 35 heavy (non-hydrogen) atoms. The summed E-state index contributed by atoms with van der Waals surface area (Å²) in [6.07, 6.45) is 6.84. The van der Waals surface area contributed by atoms with Gasteiger partial charge in [0.15, 0.2) is 0 Å². The molecule has 1 aliphatic carbocycles. The van der Waals surface area contributed by atoms with Crippen LogP contribution in [0.4, 0.5) is 0 Å². The summed E-state index contributed by atoms with van der Waals surface area (Å²) >= 11 is 0. The quantitative estimate of drug-likeness (QED) is 0.252. The van der Waals surface area contributed by atoms with E-state index in [1.807, 2.05) is 0 Å². The molecule has 5 rings (SSSR count). The van der Waals surface area contributed by atoms with Gasteiger partial charge in [-0.25, -0.2) is 0 Å². The SMILES string of the molecule is CC(C)(C)c1ccc(C2=CC(Cc3ccccc3)=CC2)c(P(c2ccccc2)c2ccccc2)c1. The number of hydrogen-bond donors (Lipinski definition) is 0. The molecule has 0 atom stereocenters. The van der Waals surface area contributed by atoms with Crippen LogP contribution in [-0.4, -0.2) is 0 Å². The van der Waals surface area contributed by atoms with Gasteiger partial charge in [0.25, 0.3) is 0 Å². The highest BCUT2D eigenvalue weighted by molar-refractivity contribution is 7.80. The van der Waals surface area contributed by atoms with E-state index in [4.69, 9.17) is 0 Å². The molecular weight excluding hydrogens is 439 g/mol. The topological polar surface area (TPSA) is 0 Å². The van der Waals surface area contributed by atoms with Crippen molar-refractivity contribution in [2.75, 3.05) is 0 Å². The molecule has 174 valence electrons. The molecule has 4 aromatic rings. The van der Waals surface area contributed by atoms with Crippen molar-refractivity contribution in [3.63, 3.8) is 0 Å². The molecule has 0 aliphatic heterocycles. The van der Waals surface area contributed by atoms with Gasteiger partial charge in [0, 0.05) is 0 Å². The highest BCUT2D eigenvalue weighted by atomic mass is 31.1. The maximum Gasteiger partial charge on any atom is -0.00287 e. The van der Waals surface area contributed by atoms with Crippen molar-refractivity contribution in [3.05, 3.63) is 144 Å². The van der Waals surface area contributed by atoms with Crippen molar-refractivity contribution in [3.8, 4) is 0 Å². The van der Waals surface area contributed by atoms with E-state index in [0.29, 0.717) is 0 Å². The van der Waals surface area contributed by atoms with E-state index >= 15 is 0 Å². The number of hydrogen-bond acceptors (Lipinski definition) is 0. The third kappa shape index (κ3) is 5.39. The van der Waals surface area contributed by atoms with E-state index in [1.165, 1.54) is 43.8 Å². The van der Waals surface area contributed by atoms with Crippen LogP contribution in [0.5, 0.6) is 0 Å². The molecule has 0 spiro atoms. The van der Waals surface area contributed by atoms with Crippen LogP contribution in [0, 0.1) is 0 Å². The van der Waals surface area contributed by atoms with Crippen molar-refractivity contribution in [2.24, 2.45) is 0 Å². The number of benzene rings is 4. The minimum Gasteiger partial charge on any atom is -0.0765 e. The van der Waals surface area contributed by atoms with Gasteiger partial charge >= 0.3 is 0 Å². The predicted molar refractivity (Wildman–Crippen MR) is 155 cm³/mol. The summed E-state index contributed by atoms with van der Waals surface area (Å²) in [6, 6.07) is 40.2. The van der Waals surface area contributed by atoms with E-state index in [9.17, 15) is 0 Å². The fourth-order valence-corrected chi connectivity index (χ4v) is 7.28. The van der Waals surface area contributed by atoms with Crippen molar-refractivity contribution in [1.29, 1.82) is 0 Å². The lowest BCUT2D eigenvalue weighted by molar-refractivity contribution is 0.591. The van der Waals surface area contributed by atoms with Crippen molar-refractivity contribution in [2.45, 2.75) is 39.0 Å². The first-order valence-corrected chi connectivity index (χ1v) is 13.8. The fourth-order valence-electron chi connectivity index (χ4n) is 4.76. The maximum atomic E-state index is 2.50. The summed E-state index contributed by atoms with van der Waals surface area (Å²) in [7, 11) is -0.673. The lowest BCUT2D eigenvalue weighted by atomic mass is 9.86. The van der Waals surface area contributed by atoms with E-state index in [1.54, 1.807) is 0 Å². The van der Waals surface area contributed by atoms with Gasteiger partial charge in [-0.15, -0.1) is 0 Å². The lowest BCUT2D eigenvalue weighted by Crippen LogP contribution is -2.25. The van der Waals surface area contributed by atoms with E-state index < -0.39 is 7.92 Å². The molecule has 0 amide bonds. The second-order valence-electron chi connectivity index (χ2n) is 10.3. The fraction of sp³-hybridized carbons (Fsp3) is 0.176. The Hall–Kier alpha value is -3.21. The molecule has 4 aromatic carbocycles. The summed E-state index contributed by atoms with van der Waals surface area (Å²) in [5, 5.41) is 4.26. The molecule has 0 radical (unpaired) electrons. The Morgan fingerprint density at radius 3 is 1.83 bits per heavy atom. The molecule has 0 unspecified atom stereocenters. The smallest absolute Gasteiger partial charge is 0.00287 e. The summed E-state index contributed by atoms with van der Waals surface area (Å²) in [6.45, 7) is 6.94. The molecule has 1 heteroatoms. The molecular formula is C34H33P. The Morgan fingerprint density at radius 2 is 1.26 bits per heavy atom. The number of rotatable bonds is 6. The highest BCUT2D eigenvalue weighted by Gasteiger charge is 2.25. The molecule has 0 saturated carbocycles. The van der Waals surface area contributed by atoms with Gasteiger partial charge in [-0.3, -0.25) is 0 Å². The molecule has 0 aromatic heterocycles. The number of allylic oxidation sites excluding steroid dienone is 4. The second kappa shape index (κ2) is 10.2. The van der Waals surface area contributed by atoms with Gasteiger partial charge in [-0.2, -0.15) is 0 Å². The van der Waals surface area contributed by atoms with Gasteiger partial charge in [-0.05, 0) is 76.0 Å². The third-order valence-corrected chi connectivity index (χ3v) is 9.16. The summed E-state index contributed by atoms with van der Waals surface area (Å²) in [4.78, 5) is 0. The van der Waals surface area contributed by atoms with Crippen LogP contribution < -0.4 is 15.9 Å². The van der Waals surface area contributed by atoms with Crippen LogP contribution in [0.15, 0.2) is 127 Å². The first-order chi connectivity index (χ1) is 17.0. The molecule has 0 N–H and O–H groups in total. The molecule has 0 heterocycles. The van der Waals surface area contributed by atoms with Crippen molar-refractivity contribution >= 4 is 29.4 Å². The average molecular weight is 473 g/mol. The van der Waals surface area contributed by atoms with E-state index in [2.05, 4.69) is 142 Å². The van der Waals surface area contributed by atoms with Crippen molar-refractivity contribution in [1.82, 2.24) is 0 Å². The Balaban J connectivity index is 1.62. The first kappa shape index (κ1) is 23.5. The van der Waals surface area contributed by atoms with Gasteiger partial charge in [0.2, 0.25) is 0 Å². The highest BCUT2D eigenvalue weighted by Crippen LogP contribution is 2.39. The lowest BCUT2D eigenvalue weighted by Gasteiger charge is -2.27. The molecule has 1 aliphatic rings. The molecule has 0 fully saturated rings.